The molecule has 0 saturated carbocycles. The molecule has 0 fully saturated rings. The van der Waals surface area contributed by atoms with E-state index in [1.54, 1.807) is 13.8 Å². The van der Waals surface area contributed by atoms with E-state index in [4.69, 9.17) is 14.6 Å². The number of aliphatic hydroxyl groups excluding tert-OH is 1. The lowest BCUT2D eigenvalue weighted by Gasteiger charge is -2.30. The van der Waals surface area contributed by atoms with Crippen molar-refractivity contribution in [2.75, 3.05) is 19.8 Å². The Kier molecular flexibility index (Phi) is 5.41. The smallest absolute Gasteiger partial charge is 0.188 e. The van der Waals surface area contributed by atoms with Crippen molar-refractivity contribution in [1.29, 1.82) is 0 Å². The van der Waals surface area contributed by atoms with E-state index < -0.39 is 11.9 Å². The van der Waals surface area contributed by atoms with Crippen LogP contribution in [0.3, 0.4) is 0 Å². The quantitative estimate of drug-likeness (QED) is 0.567. The summed E-state index contributed by atoms with van der Waals surface area (Å²) in [6.07, 6.45) is -0.752. The molecular weight excluding hydrogens is 160 g/mol. The van der Waals surface area contributed by atoms with Gasteiger partial charge in [0.2, 0.25) is 0 Å². The molecule has 0 aromatic heterocycles. The highest BCUT2D eigenvalue weighted by molar-refractivity contribution is 4.75. The van der Waals surface area contributed by atoms with Crippen molar-refractivity contribution in [2.24, 2.45) is 0 Å². The second kappa shape index (κ2) is 5.48. The van der Waals surface area contributed by atoms with Gasteiger partial charge in [-0.05, 0) is 20.8 Å². The molecule has 1 atom stereocenters. The van der Waals surface area contributed by atoms with Crippen LogP contribution in [0, 0.1) is 0 Å². The molecule has 12 heavy (non-hydrogen) atoms. The van der Waals surface area contributed by atoms with Gasteiger partial charge in [-0.25, -0.2) is 0 Å². The Morgan fingerprint density at radius 2 is 1.67 bits per heavy atom. The highest BCUT2D eigenvalue weighted by Crippen LogP contribution is 2.13. The number of hydrogen-bond acceptors (Lipinski definition) is 4. The summed E-state index contributed by atoms with van der Waals surface area (Å²) < 4.78 is 10.2. The summed E-state index contributed by atoms with van der Waals surface area (Å²) in [7, 11) is 0. The number of rotatable bonds is 6. The average molecular weight is 178 g/mol. The summed E-state index contributed by atoms with van der Waals surface area (Å²) in [6, 6.07) is 0. The van der Waals surface area contributed by atoms with Crippen LogP contribution in [0.5, 0.6) is 0 Å². The molecule has 0 aliphatic carbocycles. The summed E-state index contributed by atoms with van der Waals surface area (Å²) in [5, 5.41) is 18.4. The van der Waals surface area contributed by atoms with E-state index in [1.807, 2.05) is 0 Å². The summed E-state index contributed by atoms with van der Waals surface area (Å²) in [4.78, 5) is 0. The molecule has 4 nitrogen and oxygen atoms in total. The van der Waals surface area contributed by atoms with Gasteiger partial charge in [0.15, 0.2) is 6.29 Å². The maximum atomic E-state index is 9.55. The van der Waals surface area contributed by atoms with Crippen LogP contribution in [0.1, 0.15) is 20.8 Å². The van der Waals surface area contributed by atoms with Gasteiger partial charge in [-0.2, -0.15) is 0 Å². The fourth-order valence-corrected chi connectivity index (χ4v) is 0.784. The van der Waals surface area contributed by atoms with Crippen molar-refractivity contribution in [3.8, 4) is 0 Å². The Bertz CT molecular complexity index is 108. The Hall–Kier alpha value is -0.160. The van der Waals surface area contributed by atoms with Crippen LogP contribution in [-0.4, -0.2) is 41.9 Å². The molecule has 0 saturated heterocycles. The minimum Gasteiger partial charge on any atom is -0.393 e. The summed E-state index contributed by atoms with van der Waals surface area (Å²) >= 11 is 0. The Labute approximate surface area is 73.1 Å². The van der Waals surface area contributed by atoms with Crippen molar-refractivity contribution in [3.05, 3.63) is 0 Å². The molecule has 0 unspecified atom stereocenters. The predicted octanol–water partition coefficient (Wildman–Crippen LogP) is 0.129. The van der Waals surface area contributed by atoms with Gasteiger partial charge >= 0.3 is 0 Å². The van der Waals surface area contributed by atoms with Gasteiger partial charge in [0.05, 0.1) is 6.61 Å². The third kappa shape index (κ3) is 3.49. The lowest BCUT2D eigenvalue weighted by molar-refractivity contribution is -0.238. The summed E-state index contributed by atoms with van der Waals surface area (Å²) in [5.74, 6) is 0. The molecule has 2 N–H and O–H groups in total. The first-order valence-corrected chi connectivity index (χ1v) is 4.15. The second-order valence-electron chi connectivity index (χ2n) is 2.76. The Morgan fingerprint density at radius 3 is 1.92 bits per heavy atom. The molecule has 0 aromatic rings. The fraction of sp³-hybridized carbons (Fsp3) is 1.00. The Balaban J connectivity index is 4.07. The normalized spacial score (nSPS) is 16.5. The standard InChI is InChI=1S/C8H18O4/c1-4-11-7(12-5-2)8(3,10)6-9/h7,9-10H,4-6H2,1-3H3/t8-/m0/s1. The molecular formula is C8H18O4. The number of ether oxygens (including phenoxy) is 2. The first-order chi connectivity index (χ1) is 5.58. The van der Waals surface area contributed by atoms with Crippen LogP contribution >= 0.6 is 0 Å². The van der Waals surface area contributed by atoms with Crippen LogP contribution in [0.15, 0.2) is 0 Å². The monoisotopic (exact) mass is 178 g/mol. The fourth-order valence-electron chi connectivity index (χ4n) is 0.784. The minimum absolute atomic E-state index is 0.377. The molecule has 0 amide bonds. The van der Waals surface area contributed by atoms with E-state index in [9.17, 15) is 5.11 Å². The van der Waals surface area contributed by atoms with Crippen LogP contribution in [0.2, 0.25) is 0 Å². The van der Waals surface area contributed by atoms with Gasteiger partial charge in [-0.1, -0.05) is 0 Å². The third-order valence-electron chi connectivity index (χ3n) is 1.46. The molecule has 0 aliphatic heterocycles. The lowest BCUT2D eigenvalue weighted by atomic mass is 10.1. The topological polar surface area (TPSA) is 58.9 Å². The zero-order valence-corrected chi connectivity index (χ0v) is 7.91. The van der Waals surface area contributed by atoms with Crippen molar-refractivity contribution in [3.63, 3.8) is 0 Å². The molecule has 0 bridgehead atoms. The van der Waals surface area contributed by atoms with Crippen molar-refractivity contribution >= 4 is 0 Å². The van der Waals surface area contributed by atoms with Gasteiger partial charge in [0.1, 0.15) is 5.60 Å². The van der Waals surface area contributed by atoms with Crippen molar-refractivity contribution in [1.82, 2.24) is 0 Å². The summed E-state index contributed by atoms with van der Waals surface area (Å²) in [5.41, 5.74) is -1.33. The molecule has 0 rings (SSSR count). The van der Waals surface area contributed by atoms with Gasteiger partial charge in [0, 0.05) is 13.2 Å². The third-order valence-corrected chi connectivity index (χ3v) is 1.46. The molecule has 0 aromatic carbocycles. The number of aliphatic hydroxyl groups is 2. The molecule has 74 valence electrons. The Morgan fingerprint density at radius 1 is 1.25 bits per heavy atom. The maximum absolute atomic E-state index is 9.55. The SMILES string of the molecule is CCOC(OCC)[C@@](C)(O)CO. The molecule has 4 heteroatoms. The number of hydrogen-bond donors (Lipinski definition) is 2. The van der Waals surface area contributed by atoms with Crippen LogP contribution in [0.25, 0.3) is 0 Å². The summed E-state index contributed by atoms with van der Waals surface area (Å²) in [6.45, 7) is 5.60. The van der Waals surface area contributed by atoms with Gasteiger partial charge in [-0.3, -0.25) is 0 Å². The highest BCUT2D eigenvalue weighted by Gasteiger charge is 2.32. The second-order valence-corrected chi connectivity index (χ2v) is 2.76. The predicted molar refractivity (Wildman–Crippen MR) is 44.7 cm³/mol. The molecule has 0 aliphatic rings. The highest BCUT2D eigenvalue weighted by atomic mass is 16.7. The van der Waals surface area contributed by atoms with E-state index in [0.717, 1.165) is 0 Å². The molecule has 0 heterocycles. The maximum Gasteiger partial charge on any atom is 0.188 e. The van der Waals surface area contributed by atoms with Gasteiger partial charge in [-0.15, -0.1) is 0 Å². The van der Waals surface area contributed by atoms with Crippen LogP contribution in [0.4, 0.5) is 0 Å². The molecule has 0 radical (unpaired) electrons. The molecule has 0 spiro atoms. The van der Waals surface area contributed by atoms with Crippen LogP contribution < -0.4 is 0 Å². The van der Waals surface area contributed by atoms with E-state index in [-0.39, 0.29) is 6.61 Å². The average Bonchev–Trinajstić information content (AvgIpc) is 2.04. The van der Waals surface area contributed by atoms with E-state index in [1.165, 1.54) is 6.92 Å². The zero-order valence-electron chi connectivity index (χ0n) is 7.91. The minimum atomic E-state index is -1.33. The van der Waals surface area contributed by atoms with Crippen molar-refractivity contribution < 1.29 is 19.7 Å². The first kappa shape index (κ1) is 11.8. The van der Waals surface area contributed by atoms with Crippen molar-refractivity contribution in [2.45, 2.75) is 32.7 Å². The van der Waals surface area contributed by atoms with E-state index in [2.05, 4.69) is 0 Å². The first-order valence-electron chi connectivity index (χ1n) is 4.15. The van der Waals surface area contributed by atoms with Gasteiger partial charge < -0.3 is 19.7 Å². The van der Waals surface area contributed by atoms with E-state index in [0.29, 0.717) is 13.2 Å². The van der Waals surface area contributed by atoms with E-state index >= 15 is 0 Å². The zero-order chi connectivity index (χ0) is 9.61. The lowest BCUT2D eigenvalue weighted by Crippen LogP contribution is -2.46. The largest absolute Gasteiger partial charge is 0.393 e. The van der Waals surface area contributed by atoms with Crippen LogP contribution in [-0.2, 0) is 9.47 Å². The van der Waals surface area contributed by atoms with Gasteiger partial charge in [0.25, 0.3) is 0 Å².